The minimum absolute atomic E-state index is 0.237. The van der Waals surface area contributed by atoms with Crippen molar-refractivity contribution in [1.29, 1.82) is 0 Å². The molecule has 160 valence electrons. The molecule has 2 amide bonds. The molecule has 2 N–H and O–H groups in total. The average Bonchev–Trinajstić information content (AvgIpc) is 3.36. The van der Waals surface area contributed by atoms with E-state index < -0.39 is 10.8 Å². The van der Waals surface area contributed by atoms with Gasteiger partial charge in [0.2, 0.25) is 5.95 Å². The van der Waals surface area contributed by atoms with Gasteiger partial charge in [0.25, 0.3) is 11.8 Å². The van der Waals surface area contributed by atoms with E-state index in [2.05, 4.69) is 15.3 Å². The lowest BCUT2D eigenvalue weighted by atomic mass is 10.0. The van der Waals surface area contributed by atoms with Crippen LogP contribution in [-0.4, -0.2) is 51.7 Å². The van der Waals surface area contributed by atoms with E-state index in [1.807, 2.05) is 44.2 Å². The molecule has 1 saturated heterocycles. The Kier molecular flexibility index (Phi) is 4.40. The Balaban J connectivity index is 1.51. The molecule has 0 radical (unpaired) electrons. The quantitative estimate of drug-likeness (QED) is 0.647. The van der Waals surface area contributed by atoms with Gasteiger partial charge in [-0.05, 0) is 32.0 Å². The number of carbonyl (C=O) groups excluding carboxylic acids is 2. The van der Waals surface area contributed by atoms with Crippen LogP contribution < -0.4 is 14.8 Å². The highest BCUT2D eigenvalue weighted by Crippen LogP contribution is 2.58. The Labute approximate surface area is 183 Å². The largest absolute Gasteiger partial charge is 0.493 e. The summed E-state index contributed by atoms with van der Waals surface area (Å²) in [6.07, 6.45) is 0. The minimum Gasteiger partial charge on any atom is -0.493 e. The van der Waals surface area contributed by atoms with Crippen LogP contribution in [0.3, 0.4) is 0 Å². The van der Waals surface area contributed by atoms with Crippen LogP contribution >= 0.6 is 11.8 Å². The third kappa shape index (κ3) is 2.87. The third-order valence-electron chi connectivity index (χ3n) is 5.78. The summed E-state index contributed by atoms with van der Waals surface area (Å²) >= 11 is 1.59. The molecule has 2 aliphatic rings. The number of hydrogen-bond acceptors (Lipinski definition) is 6. The number of hydrogen-bond donors (Lipinski definition) is 2. The molecule has 3 aromatic rings. The molecule has 9 heteroatoms. The number of methoxy groups -OCH3 is 2. The Morgan fingerprint density at radius 3 is 2.68 bits per heavy atom. The fourth-order valence-electron chi connectivity index (χ4n) is 4.45. The first-order chi connectivity index (χ1) is 14.9. The van der Waals surface area contributed by atoms with Gasteiger partial charge in [0, 0.05) is 10.3 Å². The van der Waals surface area contributed by atoms with Crippen molar-refractivity contribution >= 4 is 40.6 Å². The van der Waals surface area contributed by atoms with Gasteiger partial charge in [0.15, 0.2) is 11.5 Å². The summed E-state index contributed by atoms with van der Waals surface area (Å²) in [6.45, 7) is 3.96. The van der Waals surface area contributed by atoms with Gasteiger partial charge in [0.1, 0.15) is 11.4 Å². The van der Waals surface area contributed by atoms with Crippen LogP contribution in [0, 0.1) is 0 Å². The maximum absolute atomic E-state index is 13.5. The van der Waals surface area contributed by atoms with Crippen LogP contribution in [0.2, 0.25) is 0 Å². The first-order valence-corrected chi connectivity index (χ1v) is 10.7. The summed E-state index contributed by atoms with van der Waals surface area (Å²) in [7, 11) is 3.05. The number of imidazole rings is 1. The number of aromatic amines is 1. The molecule has 2 aliphatic heterocycles. The Bertz CT molecular complexity index is 1190. The van der Waals surface area contributed by atoms with Gasteiger partial charge < -0.3 is 19.4 Å². The normalized spacial score (nSPS) is 21.2. The zero-order valence-corrected chi connectivity index (χ0v) is 18.4. The maximum atomic E-state index is 13.5. The molecule has 3 heterocycles. The number of fused-ring (bicyclic) bond motifs is 4. The summed E-state index contributed by atoms with van der Waals surface area (Å²) in [5.74, 6) is 0.723. The van der Waals surface area contributed by atoms with Crippen molar-refractivity contribution < 1.29 is 19.1 Å². The van der Waals surface area contributed by atoms with Gasteiger partial charge in [-0.3, -0.25) is 14.9 Å². The van der Waals surface area contributed by atoms with E-state index >= 15 is 0 Å². The van der Waals surface area contributed by atoms with Gasteiger partial charge in [-0.15, -0.1) is 11.8 Å². The topological polar surface area (TPSA) is 96.6 Å². The second-order valence-electron chi connectivity index (χ2n) is 8.05. The molecule has 0 unspecified atom stereocenters. The Morgan fingerprint density at radius 2 is 1.97 bits per heavy atom. The van der Waals surface area contributed by atoms with E-state index in [0.717, 1.165) is 16.6 Å². The number of nitrogens with zero attached hydrogens (tertiary/aromatic N) is 2. The fraction of sp³-hybridized carbons (Fsp3) is 0.318. The molecule has 5 rings (SSSR count). The number of thioether (sulfide) groups is 1. The lowest BCUT2D eigenvalue weighted by Gasteiger charge is -2.29. The lowest BCUT2D eigenvalue weighted by molar-refractivity contribution is -0.121. The molecule has 1 fully saturated rings. The average molecular weight is 439 g/mol. The van der Waals surface area contributed by atoms with Crippen molar-refractivity contribution in [3.05, 3.63) is 47.5 Å². The number of para-hydroxylation sites is 2. The van der Waals surface area contributed by atoms with Crippen molar-refractivity contribution in [3.8, 4) is 11.5 Å². The van der Waals surface area contributed by atoms with Gasteiger partial charge in [-0.25, -0.2) is 4.98 Å². The Morgan fingerprint density at radius 1 is 1.19 bits per heavy atom. The zero-order valence-electron chi connectivity index (χ0n) is 17.6. The van der Waals surface area contributed by atoms with E-state index in [0.29, 0.717) is 23.0 Å². The van der Waals surface area contributed by atoms with Gasteiger partial charge in [-0.1, -0.05) is 18.2 Å². The minimum atomic E-state index is -0.689. The molecule has 1 aromatic heterocycles. The van der Waals surface area contributed by atoms with Crippen LogP contribution in [0.5, 0.6) is 11.5 Å². The van der Waals surface area contributed by atoms with E-state index in [9.17, 15) is 9.59 Å². The summed E-state index contributed by atoms with van der Waals surface area (Å²) < 4.78 is 10.4. The van der Waals surface area contributed by atoms with Crippen LogP contribution in [0.4, 0.5) is 5.95 Å². The summed E-state index contributed by atoms with van der Waals surface area (Å²) in [6, 6.07) is 10.5. The Hall–Kier alpha value is -3.20. The predicted molar refractivity (Wildman–Crippen MR) is 119 cm³/mol. The van der Waals surface area contributed by atoms with Gasteiger partial charge in [0.05, 0.1) is 30.8 Å². The predicted octanol–water partition coefficient (Wildman–Crippen LogP) is 3.57. The first kappa shape index (κ1) is 19.7. The van der Waals surface area contributed by atoms with Crippen molar-refractivity contribution in [1.82, 2.24) is 14.9 Å². The van der Waals surface area contributed by atoms with Crippen molar-refractivity contribution in [2.75, 3.05) is 19.5 Å². The first-order valence-electron chi connectivity index (χ1n) is 9.86. The fourth-order valence-corrected chi connectivity index (χ4v) is 6.03. The molecule has 0 bridgehead atoms. The molecule has 2 aromatic carbocycles. The van der Waals surface area contributed by atoms with Crippen LogP contribution in [0.1, 0.15) is 35.1 Å². The number of benzene rings is 2. The molecular formula is C22H22N4O4S. The highest BCUT2D eigenvalue weighted by atomic mass is 32.2. The third-order valence-corrected chi connectivity index (χ3v) is 7.31. The standard InChI is InChI=1S/C22H22N4O4S/c1-22(2)17(18(27)25-21-23-12-7-5-6-8-13(12)24-21)26-19(28)15-11(20(26)31-22)9-10-14(29-3)16(15)30-4/h5-10,17,20H,1-4H3,(H2,23,24,25,27)/t17-,20+/m1/s1. The maximum Gasteiger partial charge on any atom is 0.260 e. The number of amides is 2. The molecule has 0 aliphatic carbocycles. The van der Waals surface area contributed by atoms with Crippen LogP contribution in [0.15, 0.2) is 36.4 Å². The van der Waals surface area contributed by atoms with Crippen molar-refractivity contribution in [2.24, 2.45) is 0 Å². The summed E-state index contributed by atoms with van der Waals surface area (Å²) in [5.41, 5.74) is 2.88. The number of carbonyl (C=O) groups is 2. The molecular weight excluding hydrogens is 416 g/mol. The molecule has 0 saturated carbocycles. The molecule has 0 spiro atoms. The molecule has 2 atom stereocenters. The highest BCUT2D eigenvalue weighted by Gasteiger charge is 2.58. The molecule has 8 nitrogen and oxygen atoms in total. The number of rotatable bonds is 4. The number of ether oxygens (including phenoxy) is 2. The number of nitrogens with one attached hydrogen (secondary N) is 2. The SMILES string of the molecule is COc1ccc2c(c1OC)C(=O)N1[C@H]2SC(C)(C)[C@H]1C(=O)Nc1nc2ccccc2[nH]1. The van der Waals surface area contributed by atoms with Crippen molar-refractivity contribution in [3.63, 3.8) is 0 Å². The number of H-pyrrole nitrogens is 1. The highest BCUT2D eigenvalue weighted by molar-refractivity contribution is 8.01. The number of aromatic nitrogens is 2. The van der Waals surface area contributed by atoms with Crippen LogP contribution in [0.25, 0.3) is 11.0 Å². The van der Waals surface area contributed by atoms with E-state index in [1.165, 1.54) is 14.2 Å². The van der Waals surface area contributed by atoms with Crippen molar-refractivity contribution in [2.45, 2.75) is 30.0 Å². The summed E-state index contributed by atoms with van der Waals surface area (Å²) in [4.78, 5) is 36.1. The lowest BCUT2D eigenvalue weighted by Crippen LogP contribution is -2.50. The van der Waals surface area contributed by atoms with Gasteiger partial charge in [-0.2, -0.15) is 0 Å². The van der Waals surface area contributed by atoms with E-state index in [4.69, 9.17) is 9.47 Å². The zero-order chi connectivity index (χ0) is 21.9. The van der Waals surface area contributed by atoms with Gasteiger partial charge >= 0.3 is 0 Å². The van der Waals surface area contributed by atoms with E-state index in [1.54, 1.807) is 22.7 Å². The van der Waals surface area contributed by atoms with Crippen LogP contribution in [-0.2, 0) is 4.79 Å². The second-order valence-corrected chi connectivity index (χ2v) is 9.78. The smallest absolute Gasteiger partial charge is 0.260 e. The second kappa shape index (κ2) is 6.91. The monoisotopic (exact) mass is 438 g/mol. The molecule has 31 heavy (non-hydrogen) atoms. The summed E-state index contributed by atoms with van der Waals surface area (Å²) in [5, 5.41) is 2.60. The van der Waals surface area contributed by atoms with E-state index in [-0.39, 0.29) is 17.2 Å². The number of anilines is 1.